The molecule has 5 nitrogen and oxygen atoms in total. The smallest absolute Gasteiger partial charge is 0.406 e. The summed E-state index contributed by atoms with van der Waals surface area (Å²) in [6.45, 7) is 9.00. The number of halogens is 3. The normalized spacial score (nSPS) is 12.1. The fourth-order valence-corrected chi connectivity index (χ4v) is 3.56. The molecule has 0 atom stereocenters. The highest BCUT2D eigenvalue weighted by atomic mass is 19.4. The maximum absolute atomic E-state index is 12.5. The van der Waals surface area contributed by atoms with Gasteiger partial charge in [-0.15, -0.1) is 13.2 Å². The number of amides is 1. The van der Waals surface area contributed by atoms with E-state index in [2.05, 4.69) is 10.1 Å². The molecule has 0 heterocycles. The Morgan fingerprint density at radius 3 is 2.34 bits per heavy atom. The van der Waals surface area contributed by atoms with Gasteiger partial charge >= 0.3 is 6.36 Å². The number of allylic oxidation sites excluding steroid dienone is 1. The van der Waals surface area contributed by atoms with Gasteiger partial charge in [0.15, 0.2) is 0 Å². The highest BCUT2D eigenvalue weighted by Gasteiger charge is 2.31. The summed E-state index contributed by atoms with van der Waals surface area (Å²) in [7, 11) is 1.86. The first-order chi connectivity index (χ1) is 15.0. The molecule has 0 aliphatic carbocycles. The first-order valence-corrected chi connectivity index (χ1v) is 10.4. The number of carbonyl (C=O) groups is 1. The number of primary amides is 1. The van der Waals surface area contributed by atoms with Crippen molar-refractivity contribution < 1.29 is 22.7 Å². The van der Waals surface area contributed by atoms with E-state index in [1.54, 1.807) is 12.1 Å². The van der Waals surface area contributed by atoms with Crippen molar-refractivity contribution in [2.24, 2.45) is 5.73 Å². The molecule has 0 bridgehead atoms. The summed E-state index contributed by atoms with van der Waals surface area (Å²) in [5.74, 6) is -0.828. The number of benzene rings is 2. The van der Waals surface area contributed by atoms with Crippen LogP contribution in [-0.4, -0.2) is 25.9 Å². The standard InChI is InChI=1S/C24H30F3N3O2/c1-6-15(3)14-30(5)22-16(4)20(12-18(13-29-7-2)21(22)23(28)31)17-8-10-19(11-9-17)32-24(25,26)27/h8-12,14,29H,6-7,13H2,1-5H3,(H2,28,31)/b15-14+. The van der Waals surface area contributed by atoms with Crippen LogP contribution < -0.4 is 20.7 Å². The Morgan fingerprint density at radius 2 is 1.84 bits per heavy atom. The maximum atomic E-state index is 12.5. The lowest BCUT2D eigenvalue weighted by molar-refractivity contribution is -0.274. The Bertz CT molecular complexity index is 983. The van der Waals surface area contributed by atoms with Crippen molar-refractivity contribution >= 4 is 11.6 Å². The topological polar surface area (TPSA) is 67.6 Å². The van der Waals surface area contributed by atoms with Crippen molar-refractivity contribution in [3.05, 3.63) is 58.8 Å². The second-order valence-electron chi connectivity index (χ2n) is 7.59. The van der Waals surface area contributed by atoms with Crippen molar-refractivity contribution in [3.8, 4) is 16.9 Å². The molecule has 0 fully saturated rings. The van der Waals surface area contributed by atoms with Crippen LogP contribution in [0, 0.1) is 6.92 Å². The molecule has 2 aromatic rings. The predicted molar refractivity (Wildman–Crippen MR) is 122 cm³/mol. The van der Waals surface area contributed by atoms with Crippen molar-refractivity contribution in [2.45, 2.75) is 47.0 Å². The van der Waals surface area contributed by atoms with Crippen LogP contribution >= 0.6 is 0 Å². The fraction of sp³-hybridized carbons (Fsp3) is 0.375. The van der Waals surface area contributed by atoms with Gasteiger partial charge in [-0.3, -0.25) is 4.79 Å². The van der Waals surface area contributed by atoms with Crippen LogP contribution in [0.1, 0.15) is 48.7 Å². The number of ether oxygens (including phenoxy) is 1. The molecule has 0 aromatic heterocycles. The molecule has 174 valence electrons. The quantitative estimate of drug-likeness (QED) is 0.529. The average molecular weight is 450 g/mol. The molecule has 0 radical (unpaired) electrons. The lowest BCUT2D eigenvalue weighted by atomic mass is 9.91. The van der Waals surface area contributed by atoms with Gasteiger partial charge in [-0.25, -0.2) is 0 Å². The van der Waals surface area contributed by atoms with Crippen molar-refractivity contribution in [3.63, 3.8) is 0 Å². The highest BCUT2D eigenvalue weighted by molar-refractivity contribution is 6.02. The molecule has 0 saturated heterocycles. The van der Waals surface area contributed by atoms with Crippen LogP contribution in [0.25, 0.3) is 11.1 Å². The molecule has 1 amide bonds. The summed E-state index contributed by atoms with van der Waals surface area (Å²) in [6.07, 6.45) is -1.95. The Balaban J connectivity index is 2.70. The van der Waals surface area contributed by atoms with Crippen molar-refractivity contribution in [1.82, 2.24) is 5.32 Å². The zero-order valence-corrected chi connectivity index (χ0v) is 19.1. The molecular weight excluding hydrogens is 419 g/mol. The second kappa shape index (κ2) is 10.5. The molecule has 2 rings (SSSR count). The first kappa shape index (κ1) is 25.3. The molecule has 0 aliphatic heterocycles. The van der Waals surface area contributed by atoms with Crippen LogP contribution in [0.3, 0.4) is 0 Å². The SMILES string of the molecule is CCNCc1cc(-c2ccc(OC(F)(F)F)cc2)c(C)c(N(C)/C=C(\C)CC)c1C(N)=O. The van der Waals surface area contributed by atoms with Crippen LogP contribution in [-0.2, 0) is 6.54 Å². The summed E-state index contributed by atoms with van der Waals surface area (Å²) in [4.78, 5) is 14.4. The Hall–Kier alpha value is -3.00. The van der Waals surface area contributed by atoms with Gasteiger partial charge in [0.2, 0.25) is 0 Å². The number of nitrogens with two attached hydrogens (primary N) is 1. The molecule has 0 saturated carbocycles. The molecule has 0 aliphatic rings. The number of nitrogens with zero attached hydrogens (tertiary/aromatic N) is 1. The van der Waals surface area contributed by atoms with Gasteiger partial charge in [-0.05, 0) is 67.3 Å². The Labute approximate surface area is 187 Å². The summed E-state index contributed by atoms with van der Waals surface area (Å²) in [5.41, 5.74) is 11.0. The Kier molecular flexibility index (Phi) is 8.32. The van der Waals surface area contributed by atoms with E-state index in [4.69, 9.17) is 5.73 Å². The largest absolute Gasteiger partial charge is 0.573 e. The monoisotopic (exact) mass is 449 g/mol. The van der Waals surface area contributed by atoms with E-state index in [9.17, 15) is 18.0 Å². The van der Waals surface area contributed by atoms with Gasteiger partial charge in [0.25, 0.3) is 5.91 Å². The number of hydrogen-bond acceptors (Lipinski definition) is 4. The van der Waals surface area contributed by atoms with E-state index < -0.39 is 12.3 Å². The van der Waals surface area contributed by atoms with Gasteiger partial charge in [0.05, 0.1) is 11.3 Å². The van der Waals surface area contributed by atoms with Crippen LogP contribution in [0.15, 0.2) is 42.1 Å². The number of carbonyl (C=O) groups excluding carboxylic acids is 1. The lowest BCUT2D eigenvalue weighted by Crippen LogP contribution is -2.24. The van der Waals surface area contributed by atoms with Gasteiger partial charge < -0.3 is 20.7 Å². The van der Waals surface area contributed by atoms with E-state index >= 15 is 0 Å². The summed E-state index contributed by atoms with van der Waals surface area (Å²) >= 11 is 0. The average Bonchev–Trinajstić information content (AvgIpc) is 2.71. The molecule has 0 spiro atoms. The lowest BCUT2D eigenvalue weighted by Gasteiger charge is -2.26. The first-order valence-electron chi connectivity index (χ1n) is 10.4. The molecule has 32 heavy (non-hydrogen) atoms. The van der Waals surface area contributed by atoms with E-state index in [-0.39, 0.29) is 5.75 Å². The molecular formula is C24H30F3N3O2. The number of rotatable bonds is 9. The minimum atomic E-state index is -4.75. The minimum Gasteiger partial charge on any atom is -0.406 e. The molecule has 8 heteroatoms. The minimum absolute atomic E-state index is 0.292. The van der Waals surface area contributed by atoms with Crippen LogP contribution in [0.5, 0.6) is 5.75 Å². The van der Waals surface area contributed by atoms with Gasteiger partial charge in [0, 0.05) is 19.8 Å². The molecule has 3 N–H and O–H groups in total. The Morgan fingerprint density at radius 1 is 1.22 bits per heavy atom. The van der Waals surface area contributed by atoms with Crippen molar-refractivity contribution in [1.29, 1.82) is 0 Å². The van der Waals surface area contributed by atoms with Gasteiger partial charge in [0.1, 0.15) is 5.75 Å². The third-order valence-electron chi connectivity index (χ3n) is 5.17. The van der Waals surface area contributed by atoms with E-state index in [0.29, 0.717) is 29.9 Å². The summed E-state index contributed by atoms with van der Waals surface area (Å²) in [6, 6.07) is 7.56. The third kappa shape index (κ3) is 6.26. The summed E-state index contributed by atoms with van der Waals surface area (Å²) in [5, 5.41) is 3.22. The molecule has 2 aromatic carbocycles. The fourth-order valence-electron chi connectivity index (χ4n) is 3.56. The maximum Gasteiger partial charge on any atom is 0.573 e. The van der Waals surface area contributed by atoms with Gasteiger partial charge in [-0.2, -0.15) is 0 Å². The predicted octanol–water partition coefficient (Wildman–Crippen LogP) is 5.52. The van der Waals surface area contributed by atoms with Gasteiger partial charge in [-0.1, -0.05) is 31.6 Å². The van der Waals surface area contributed by atoms with E-state index in [1.807, 2.05) is 51.9 Å². The second-order valence-corrected chi connectivity index (χ2v) is 7.59. The number of alkyl halides is 3. The summed E-state index contributed by atoms with van der Waals surface area (Å²) < 4.78 is 41.5. The number of hydrogen-bond donors (Lipinski definition) is 2. The third-order valence-corrected chi connectivity index (χ3v) is 5.17. The zero-order valence-electron chi connectivity index (χ0n) is 19.1. The van der Waals surface area contributed by atoms with Crippen LogP contribution in [0.4, 0.5) is 18.9 Å². The zero-order chi connectivity index (χ0) is 24.1. The number of anilines is 1. The van der Waals surface area contributed by atoms with Crippen molar-refractivity contribution in [2.75, 3.05) is 18.5 Å². The van der Waals surface area contributed by atoms with E-state index in [1.165, 1.54) is 12.1 Å². The van der Waals surface area contributed by atoms with E-state index in [0.717, 1.165) is 28.7 Å². The number of nitrogens with one attached hydrogen (secondary N) is 1. The molecule has 0 unspecified atom stereocenters. The highest BCUT2D eigenvalue weighted by Crippen LogP contribution is 2.37. The van der Waals surface area contributed by atoms with Crippen LogP contribution in [0.2, 0.25) is 0 Å².